The summed E-state index contributed by atoms with van der Waals surface area (Å²) in [4.78, 5) is 0. The fourth-order valence-electron chi connectivity index (χ4n) is 2.04. The van der Waals surface area contributed by atoms with Gasteiger partial charge in [-0.25, -0.2) is 0 Å². The van der Waals surface area contributed by atoms with Crippen LogP contribution >= 0.6 is 11.6 Å². The van der Waals surface area contributed by atoms with Crippen molar-refractivity contribution in [2.45, 2.75) is 32.9 Å². The van der Waals surface area contributed by atoms with Gasteiger partial charge in [0.05, 0.1) is 5.69 Å². The number of aromatic nitrogens is 2. The molecule has 1 aromatic heterocycles. The molecule has 1 aromatic carbocycles. The van der Waals surface area contributed by atoms with E-state index in [0.29, 0.717) is 11.8 Å². The van der Waals surface area contributed by atoms with Gasteiger partial charge in [-0.05, 0) is 31.0 Å². The van der Waals surface area contributed by atoms with Crippen LogP contribution in [0.25, 0.3) is 0 Å². The third-order valence-corrected chi connectivity index (χ3v) is 3.87. The zero-order valence-corrected chi connectivity index (χ0v) is 12.8. The third kappa shape index (κ3) is 3.14. The van der Waals surface area contributed by atoms with Crippen molar-refractivity contribution in [3.05, 3.63) is 46.2 Å². The Morgan fingerprint density at radius 3 is 2.50 bits per heavy atom. The molecule has 5 heteroatoms. The van der Waals surface area contributed by atoms with E-state index in [0.717, 1.165) is 29.0 Å². The van der Waals surface area contributed by atoms with Gasteiger partial charge < -0.3 is 10.5 Å². The maximum atomic E-state index is 6.17. The highest BCUT2D eigenvalue weighted by atomic mass is 35.5. The van der Waals surface area contributed by atoms with Crippen molar-refractivity contribution in [1.29, 1.82) is 0 Å². The molecule has 1 atom stereocenters. The Morgan fingerprint density at radius 2 is 2.00 bits per heavy atom. The molecule has 1 unspecified atom stereocenters. The molecule has 0 bridgehead atoms. The van der Waals surface area contributed by atoms with E-state index in [9.17, 15) is 0 Å². The molecule has 0 aliphatic heterocycles. The van der Waals surface area contributed by atoms with E-state index in [4.69, 9.17) is 22.1 Å². The molecular weight excluding hydrogens is 274 g/mol. The minimum absolute atomic E-state index is 0.0825. The second kappa shape index (κ2) is 6.29. The second-order valence-electron chi connectivity index (χ2n) is 4.85. The summed E-state index contributed by atoms with van der Waals surface area (Å²) in [7, 11) is 1.82. The summed E-state index contributed by atoms with van der Waals surface area (Å²) in [6, 6.07) is 7.95. The van der Waals surface area contributed by atoms with E-state index in [-0.39, 0.29) is 6.04 Å². The highest BCUT2D eigenvalue weighted by Crippen LogP contribution is 2.22. The highest BCUT2D eigenvalue weighted by molar-refractivity contribution is 6.30. The third-order valence-electron chi connectivity index (χ3n) is 3.40. The number of rotatable bonds is 5. The van der Waals surface area contributed by atoms with Crippen LogP contribution in [0.1, 0.15) is 36.2 Å². The fraction of sp³-hybridized carbons (Fsp3) is 0.400. The summed E-state index contributed by atoms with van der Waals surface area (Å²) in [5, 5.41) is 4.88. The van der Waals surface area contributed by atoms with Crippen LogP contribution in [-0.2, 0) is 13.7 Å². The standard InChI is InChI=1S/C15H20ClN3O/c1-4-14(17)11-5-7-12(8-6-11)20-9-13-10(2)18-19(3)15(13)16/h5-8,14H,4,9,17H2,1-3H3. The number of hydrogen-bond donors (Lipinski definition) is 1. The van der Waals surface area contributed by atoms with Gasteiger partial charge in [-0.1, -0.05) is 30.7 Å². The molecule has 108 valence electrons. The quantitative estimate of drug-likeness (QED) is 0.919. The van der Waals surface area contributed by atoms with Gasteiger partial charge >= 0.3 is 0 Å². The predicted molar refractivity (Wildman–Crippen MR) is 80.9 cm³/mol. The predicted octanol–water partition coefficient (Wildman–Crippen LogP) is 3.37. The summed E-state index contributed by atoms with van der Waals surface area (Å²) < 4.78 is 7.41. The SMILES string of the molecule is CCC(N)c1ccc(OCc2c(C)nn(C)c2Cl)cc1. The summed E-state index contributed by atoms with van der Waals surface area (Å²) >= 11 is 6.17. The summed E-state index contributed by atoms with van der Waals surface area (Å²) in [6.07, 6.45) is 0.921. The van der Waals surface area contributed by atoms with E-state index in [1.807, 2.05) is 38.2 Å². The molecule has 2 rings (SSSR count). The van der Waals surface area contributed by atoms with Gasteiger partial charge in [-0.15, -0.1) is 0 Å². The maximum Gasteiger partial charge on any atom is 0.133 e. The summed E-state index contributed by atoms with van der Waals surface area (Å²) in [5.74, 6) is 0.802. The number of hydrogen-bond acceptors (Lipinski definition) is 3. The van der Waals surface area contributed by atoms with E-state index in [1.165, 1.54) is 0 Å². The van der Waals surface area contributed by atoms with Crippen molar-refractivity contribution in [2.75, 3.05) is 0 Å². The molecule has 0 aliphatic carbocycles. The molecule has 0 aliphatic rings. The van der Waals surface area contributed by atoms with Crippen LogP contribution < -0.4 is 10.5 Å². The number of nitrogens with zero attached hydrogens (tertiary/aromatic N) is 2. The fourth-order valence-corrected chi connectivity index (χ4v) is 2.27. The lowest BCUT2D eigenvalue weighted by Crippen LogP contribution is -2.08. The van der Waals surface area contributed by atoms with E-state index < -0.39 is 0 Å². The molecule has 2 aromatic rings. The molecule has 20 heavy (non-hydrogen) atoms. The topological polar surface area (TPSA) is 53.1 Å². The molecule has 0 fully saturated rings. The molecular formula is C15H20ClN3O. The van der Waals surface area contributed by atoms with Gasteiger partial charge in [0.1, 0.15) is 17.5 Å². The zero-order chi connectivity index (χ0) is 14.7. The zero-order valence-electron chi connectivity index (χ0n) is 12.1. The van der Waals surface area contributed by atoms with Crippen LogP contribution in [0.5, 0.6) is 5.75 Å². The molecule has 0 spiro atoms. The van der Waals surface area contributed by atoms with Crippen molar-refractivity contribution in [3.63, 3.8) is 0 Å². The maximum absolute atomic E-state index is 6.17. The lowest BCUT2D eigenvalue weighted by atomic mass is 10.1. The molecule has 0 saturated carbocycles. The average Bonchev–Trinajstić information content (AvgIpc) is 2.70. The second-order valence-corrected chi connectivity index (χ2v) is 5.21. The van der Waals surface area contributed by atoms with Gasteiger partial charge in [0.2, 0.25) is 0 Å². The van der Waals surface area contributed by atoms with Gasteiger partial charge in [0, 0.05) is 18.7 Å². The van der Waals surface area contributed by atoms with Crippen LogP contribution in [0.3, 0.4) is 0 Å². The Morgan fingerprint density at radius 1 is 1.35 bits per heavy atom. The monoisotopic (exact) mass is 293 g/mol. The smallest absolute Gasteiger partial charge is 0.133 e. The van der Waals surface area contributed by atoms with E-state index >= 15 is 0 Å². The highest BCUT2D eigenvalue weighted by Gasteiger charge is 2.11. The minimum atomic E-state index is 0.0825. The molecule has 0 saturated heterocycles. The molecule has 4 nitrogen and oxygen atoms in total. The van der Waals surface area contributed by atoms with Crippen molar-refractivity contribution in [2.24, 2.45) is 12.8 Å². The van der Waals surface area contributed by atoms with Gasteiger partial charge in [-0.2, -0.15) is 5.10 Å². The van der Waals surface area contributed by atoms with Crippen LogP contribution in [0.4, 0.5) is 0 Å². The van der Waals surface area contributed by atoms with Gasteiger partial charge in [0.15, 0.2) is 0 Å². The van der Waals surface area contributed by atoms with E-state index in [2.05, 4.69) is 12.0 Å². The Hall–Kier alpha value is -1.52. The molecule has 0 radical (unpaired) electrons. The average molecular weight is 294 g/mol. The van der Waals surface area contributed by atoms with Crippen molar-refractivity contribution >= 4 is 11.6 Å². The lowest BCUT2D eigenvalue weighted by molar-refractivity contribution is 0.305. The largest absolute Gasteiger partial charge is 0.489 e. The number of ether oxygens (including phenoxy) is 1. The van der Waals surface area contributed by atoms with Crippen LogP contribution in [0, 0.1) is 6.92 Å². The lowest BCUT2D eigenvalue weighted by Gasteiger charge is -2.11. The Labute approximate surface area is 124 Å². The van der Waals surface area contributed by atoms with Gasteiger partial charge in [-0.3, -0.25) is 4.68 Å². The van der Waals surface area contributed by atoms with Crippen molar-refractivity contribution in [3.8, 4) is 5.75 Å². The van der Waals surface area contributed by atoms with Crippen LogP contribution in [-0.4, -0.2) is 9.78 Å². The summed E-state index contributed by atoms with van der Waals surface area (Å²) in [5.41, 5.74) is 8.91. The number of halogens is 1. The molecule has 1 heterocycles. The Balaban J connectivity index is 2.04. The Kier molecular flexibility index (Phi) is 4.68. The number of aryl methyl sites for hydroxylation is 2. The Bertz CT molecular complexity index is 578. The number of benzene rings is 1. The van der Waals surface area contributed by atoms with Crippen molar-refractivity contribution < 1.29 is 4.74 Å². The molecule has 2 N–H and O–H groups in total. The van der Waals surface area contributed by atoms with E-state index in [1.54, 1.807) is 4.68 Å². The first kappa shape index (κ1) is 14.9. The first-order valence-corrected chi connectivity index (χ1v) is 7.07. The first-order chi connectivity index (χ1) is 9.52. The molecule has 0 amide bonds. The van der Waals surface area contributed by atoms with Crippen LogP contribution in [0.15, 0.2) is 24.3 Å². The van der Waals surface area contributed by atoms with Crippen LogP contribution in [0.2, 0.25) is 5.15 Å². The minimum Gasteiger partial charge on any atom is -0.489 e. The normalized spacial score (nSPS) is 12.4. The first-order valence-electron chi connectivity index (χ1n) is 6.69. The van der Waals surface area contributed by atoms with Gasteiger partial charge in [0.25, 0.3) is 0 Å². The summed E-state index contributed by atoms with van der Waals surface area (Å²) in [6.45, 7) is 4.41. The van der Waals surface area contributed by atoms with Crippen molar-refractivity contribution in [1.82, 2.24) is 9.78 Å². The number of nitrogens with two attached hydrogens (primary N) is 1.